The van der Waals surface area contributed by atoms with E-state index < -0.39 is 5.63 Å². The summed E-state index contributed by atoms with van der Waals surface area (Å²) < 4.78 is 5.64. The molecule has 1 aromatic heterocycles. The van der Waals surface area contributed by atoms with Crippen molar-refractivity contribution in [3.05, 3.63) is 87.8 Å². The van der Waals surface area contributed by atoms with Gasteiger partial charge in [-0.1, -0.05) is 43.3 Å². The summed E-state index contributed by atoms with van der Waals surface area (Å²) >= 11 is 0. The van der Waals surface area contributed by atoms with Crippen molar-refractivity contribution in [2.24, 2.45) is 0 Å². The highest BCUT2D eigenvalue weighted by Gasteiger charge is 2.34. The van der Waals surface area contributed by atoms with Gasteiger partial charge < -0.3 is 9.32 Å². The summed E-state index contributed by atoms with van der Waals surface area (Å²) in [5.74, 6) is 0.0580. The Labute approximate surface area is 181 Å². The lowest BCUT2D eigenvalue weighted by molar-refractivity contribution is 0.103. The van der Waals surface area contributed by atoms with E-state index in [4.69, 9.17) is 4.42 Å². The van der Waals surface area contributed by atoms with Crippen molar-refractivity contribution in [1.29, 1.82) is 0 Å². The summed E-state index contributed by atoms with van der Waals surface area (Å²) in [5, 5.41) is 2.80. The molecule has 0 N–H and O–H groups in total. The van der Waals surface area contributed by atoms with E-state index >= 15 is 0 Å². The van der Waals surface area contributed by atoms with Crippen molar-refractivity contribution in [3.63, 3.8) is 0 Å². The van der Waals surface area contributed by atoms with Crippen LogP contribution in [0.1, 0.15) is 54.6 Å². The van der Waals surface area contributed by atoms with E-state index in [1.165, 1.54) is 5.56 Å². The molecule has 1 atom stereocenters. The topological polar surface area (TPSA) is 50.5 Å². The van der Waals surface area contributed by atoms with Gasteiger partial charge in [0, 0.05) is 35.3 Å². The molecular formula is C27H25NO3. The van der Waals surface area contributed by atoms with Crippen LogP contribution in [0, 0.1) is 0 Å². The molecule has 0 amide bonds. The molecule has 0 unspecified atom stereocenters. The number of hydrogen-bond donors (Lipinski definition) is 0. The summed E-state index contributed by atoms with van der Waals surface area (Å²) in [6.07, 6.45) is 1.03. The van der Waals surface area contributed by atoms with Crippen LogP contribution < -0.4 is 10.5 Å². The molecule has 4 aromatic rings. The van der Waals surface area contributed by atoms with Crippen molar-refractivity contribution in [2.45, 2.75) is 38.6 Å². The molecule has 4 nitrogen and oxygen atoms in total. The molecular weight excluding hydrogens is 386 g/mol. The Kier molecular flexibility index (Phi) is 4.30. The molecule has 1 aliphatic rings. The van der Waals surface area contributed by atoms with E-state index in [0.29, 0.717) is 17.1 Å². The van der Waals surface area contributed by atoms with Gasteiger partial charge in [-0.15, -0.1) is 0 Å². The average Bonchev–Trinajstić information content (AvgIpc) is 2.75. The summed E-state index contributed by atoms with van der Waals surface area (Å²) in [5.41, 5.74) is 2.78. The van der Waals surface area contributed by atoms with Gasteiger partial charge in [0.1, 0.15) is 11.1 Å². The molecule has 156 valence electrons. The van der Waals surface area contributed by atoms with Crippen molar-refractivity contribution >= 4 is 33.2 Å². The highest BCUT2D eigenvalue weighted by molar-refractivity contribution is 6.11. The lowest BCUT2D eigenvalue weighted by Gasteiger charge is -2.45. The summed E-state index contributed by atoms with van der Waals surface area (Å²) in [4.78, 5) is 28.2. The molecule has 0 saturated heterocycles. The van der Waals surface area contributed by atoms with Crippen LogP contribution >= 0.6 is 0 Å². The molecule has 0 bridgehead atoms. The minimum absolute atomic E-state index is 0.0202. The van der Waals surface area contributed by atoms with Crippen LogP contribution in [0.15, 0.2) is 69.9 Å². The van der Waals surface area contributed by atoms with Crippen LogP contribution in [0.4, 0.5) is 5.69 Å². The summed E-state index contributed by atoms with van der Waals surface area (Å²) in [6.45, 7) is 6.66. The third-order valence-corrected chi connectivity index (χ3v) is 6.74. The minimum atomic E-state index is -0.601. The fourth-order valence-electron chi connectivity index (χ4n) is 4.83. The number of anilines is 1. The predicted molar refractivity (Wildman–Crippen MR) is 125 cm³/mol. The van der Waals surface area contributed by atoms with Crippen LogP contribution in [-0.4, -0.2) is 18.4 Å². The van der Waals surface area contributed by atoms with E-state index in [9.17, 15) is 9.59 Å². The van der Waals surface area contributed by atoms with Crippen LogP contribution in [0.3, 0.4) is 0 Å². The molecule has 3 aromatic carbocycles. The Morgan fingerprint density at radius 1 is 1.00 bits per heavy atom. The standard InChI is InChI=1S/C27H25NO3/c1-16-15-27(2,3)28(4)23-14-24-20(12-21(16)23)13-22(26(30)31-24)25(29)19-10-9-17-7-5-6-8-18(17)11-19/h5-14,16H,15H2,1-4H3/t16-/m0/s1. The largest absolute Gasteiger partial charge is 0.422 e. The monoisotopic (exact) mass is 411 g/mol. The van der Waals surface area contributed by atoms with Crippen LogP contribution in [0.5, 0.6) is 0 Å². The molecule has 31 heavy (non-hydrogen) atoms. The molecule has 5 rings (SSSR count). The Balaban J connectivity index is 1.63. The molecule has 0 spiro atoms. The van der Waals surface area contributed by atoms with Gasteiger partial charge in [-0.3, -0.25) is 4.79 Å². The molecule has 1 aliphatic heterocycles. The molecule has 0 aliphatic carbocycles. The number of rotatable bonds is 2. The maximum atomic E-state index is 13.2. The SMILES string of the molecule is C[C@H]1CC(C)(C)N(C)c2cc3oc(=O)c(C(=O)c4ccc5ccccc5c4)cc3cc21. The first-order valence-corrected chi connectivity index (χ1v) is 10.6. The number of carbonyl (C=O) groups is 1. The lowest BCUT2D eigenvalue weighted by Crippen LogP contribution is -2.45. The van der Waals surface area contributed by atoms with Gasteiger partial charge in [0.15, 0.2) is 5.78 Å². The Bertz CT molecular complexity index is 1410. The number of nitrogens with zero attached hydrogens (tertiary/aromatic N) is 1. The number of fused-ring (bicyclic) bond motifs is 3. The maximum absolute atomic E-state index is 13.2. The third kappa shape index (κ3) is 3.14. The van der Waals surface area contributed by atoms with Gasteiger partial charge >= 0.3 is 5.63 Å². The molecule has 0 fully saturated rings. The fraction of sp³-hybridized carbons (Fsp3) is 0.259. The van der Waals surface area contributed by atoms with E-state index in [1.54, 1.807) is 12.1 Å². The third-order valence-electron chi connectivity index (χ3n) is 6.74. The van der Waals surface area contributed by atoms with Crippen molar-refractivity contribution in [1.82, 2.24) is 0 Å². The Morgan fingerprint density at radius 3 is 2.52 bits per heavy atom. The second kappa shape index (κ2) is 6.81. The molecule has 0 saturated carbocycles. The lowest BCUT2D eigenvalue weighted by atomic mass is 9.80. The van der Waals surface area contributed by atoms with Gasteiger partial charge in [-0.25, -0.2) is 4.79 Å². The zero-order valence-electron chi connectivity index (χ0n) is 18.2. The highest BCUT2D eigenvalue weighted by Crippen LogP contribution is 2.43. The number of carbonyl (C=O) groups excluding carboxylic acids is 1. The summed E-state index contributed by atoms with van der Waals surface area (Å²) in [7, 11) is 2.08. The van der Waals surface area contributed by atoms with E-state index in [1.807, 2.05) is 42.5 Å². The van der Waals surface area contributed by atoms with E-state index in [0.717, 1.165) is 28.3 Å². The first kappa shape index (κ1) is 19.6. The zero-order chi connectivity index (χ0) is 21.9. The molecule has 4 heteroatoms. The van der Waals surface area contributed by atoms with Crippen molar-refractivity contribution < 1.29 is 9.21 Å². The van der Waals surface area contributed by atoms with Gasteiger partial charge in [-0.05, 0) is 60.7 Å². The van der Waals surface area contributed by atoms with Gasteiger partial charge in [0.2, 0.25) is 0 Å². The molecule has 0 radical (unpaired) electrons. The Morgan fingerprint density at radius 2 is 1.74 bits per heavy atom. The smallest absolute Gasteiger partial charge is 0.347 e. The summed E-state index contributed by atoms with van der Waals surface area (Å²) in [6, 6.07) is 19.0. The predicted octanol–water partition coefficient (Wildman–Crippen LogP) is 5.90. The number of ketones is 1. The van der Waals surface area contributed by atoms with Gasteiger partial charge in [0.25, 0.3) is 0 Å². The quantitative estimate of drug-likeness (QED) is 0.304. The number of hydrogen-bond acceptors (Lipinski definition) is 4. The average molecular weight is 412 g/mol. The van der Waals surface area contributed by atoms with Gasteiger partial charge in [0.05, 0.1) is 0 Å². The highest BCUT2D eigenvalue weighted by atomic mass is 16.4. The van der Waals surface area contributed by atoms with Crippen LogP contribution in [0.25, 0.3) is 21.7 Å². The number of benzene rings is 3. The van der Waals surface area contributed by atoms with Gasteiger partial charge in [-0.2, -0.15) is 0 Å². The van der Waals surface area contributed by atoms with E-state index in [2.05, 4.69) is 38.8 Å². The fourth-order valence-corrected chi connectivity index (χ4v) is 4.83. The second-order valence-corrected chi connectivity index (χ2v) is 9.26. The maximum Gasteiger partial charge on any atom is 0.347 e. The van der Waals surface area contributed by atoms with Crippen molar-refractivity contribution in [2.75, 3.05) is 11.9 Å². The molecule has 2 heterocycles. The van der Waals surface area contributed by atoms with Crippen LogP contribution in [0.2, 0.25) is 0 Å². The first-order valence-electron chi connectivity index (χ1n) is 10.6. The van der Waals surface area contributed by atoms with Crippen LogP contribution in [-0.2, 0) is 0 Å². The van der Waals surface area contributed by atoms with E-state index in [-0.39, 0.29) is 16.9 Å². The van der Waals surface area contributed by atoms with Crippen molar-refractivity contribution in [3.8, 4) is 0 Å². The minimum Gasteiger partial charge on any atom is -0.422 e. The zero-order valence-corrected chi connectivity index (χ0v) is 18.2. The normalized spacial score (nSPS) is 17.7. The Hall–Kier alpha value is -3.40. The second-order valence-electron chi connectivity index (χ2n) is 9.26. The first-order chi connectivity index (χ1) is 14.7.